The van der Waals surface area contributed by atoms with Gasteiger partial charge >= 0.3 is 0 Å². The molecule has 0 aliphatic carbocycles. The Labute approximate surface area is 146 Å². The zero-order valence-corrected chi connectivity index (χ0v) is 13.5. The highest BCUT2D eigenvalue weighted by molar-refractivity contribution is 5.73. The van der Waals surface area contributed by atoms with E-state index in [1.807, 2.05) is 12.1 Å². The van der Waals surface area contributed by atoms with Crippen LogP contribution < -0.4 is 0 Å². The Morgan fingerprint density at radius 1 is 1.08 bits per heavy atom. The van der Waals surface area contributed by atoms with Crippen molar-refractivity contribution in [1.29, 1.82) is 0 Å². The average Bonchev–Trinajstić information content (AvgIpc) is 3.25. The predicted octanol–water partition coefficient (Wildman–Crippen LogP) is 1.89. The molecule has 2 heterocycles. The van der Waals surface area contributed by atoms with Crippen molar-refractivity contribution in [2.45, 2.75) is 18.7 Å². The molecule has 1 atom stereocenters. The monoisotopic (exact) mass is 356 g/mol. The summed E-state index contributed by atoms with van der Waals surface area (Å²) >= 11 is 0. The van der Waals surface area contributed by atoms with Gasteiger partial charge in [0.15, 0.2) is 0 Å². The number of aromatic nitrogens is 6. The van der Waals surface area contributed by atoms with Crippen molar-refractivity contribution in [2.75, 3.05) is 0 Å². The topological polar surface area (TPSA) is 81.6 Å². The quantitative estimate of drug-likeness (QED) is 0.591. The number of halogens is 2. The molecule has 0 unspecified atom stereocenters. The first-order chi connectivity index (χ1) is 12.5. The lowest BCUT2D eigenvalue weighted by Gasteiger charge is -2.28. The minimum atomic E-state index is -1.75. The number of para-hydroxylation sites is 1. The molecule has 0 fully saturated rings. The Bertz CT molecular complexity index is 1050. The van der Waals surface area contributed by atoms with Crippen LogP contribution in [0.3, 0.4) is 0 Å². The third-order valence-electron chi connectivity index (χ3n) is 4.15. The van der Waals surface area contributed by atoms with Crippen molar-refractivity contribution in [3.8, 4) is 0 Å². The van der Waals surface area contributed by atoms with Gasteiger partial charge in [-0.15, -0.1) is 5.10 Å². The summed E-state index contributed by atoms with van der Waals surface area (Å²) in [5, 5.41) is 23.4. The lowest BCUT2D eigenvalue weighted by Crippen LogP contribution is -2.37. The maximum absolute atomic E-state index is 14.4. The summed E-state index contributed by atoms with van der Waals surface area (Å²) < 4.78 is 30.6. The summed E-state index contributed by atoms with van der Waals surface area (Å²) in [5.74, 6) is -1.57. The van der Waals surface area contributed by atoms with Gasteiger partial charge in [-0.25, -0.2) is 23.1 Å². The molecule has 0 bridgehead atoms. The van der Waals surface area contributed by atoms with Gasteiger partial charge in [0, 0.05) is 11.6 Å². The first-order valence-electron chi connectivity index (χ1n) is 7.84. The van der Waals surface area contributed by atoms with E-state index in [2.05, 4.69) is 20.4 Å². The molecule has 0 aliphatic rings. The van der Waals surface area contributed by atoms with E-state index in [4.69, 9.17) is 0 Å². The van der Waals surface area contributed by atoms with Crippen molar-refractivity contribution in [2.24, 2.45) is 0 Å². The van der Waals surface area contributed by atoms with E-state index in [1.54, 1.807) is 12.1 Å². The minimum absolute atomic E-state index is 0.0611. The summed E-state index contributed by atoms with van der Waals surface area (Å²) in [5.41, 5.74) is -0.474. The van der Waals surface area contributed by atoms with Crippen molar-refractivity contribution in [3.63, 3.8) is 0 Å². The highest BCUT2D eigenvalue weighted by Gasteiger charge is 2.35. The van der Waals surface area contributed by atoms with Crippen LogP contribution in [0, 0.1) is 11.6 Å². The Hall–Kier alpha value is -3.20. The predicted molar refractivity (Wildman–Crippen MR) is 87.8 cm³/mol. The minimum Gasteiger partial charge on any atom is -0.381 e. The van der Waals surface area contributed by atoms with Gasteiger partial charge in [-0.3, -0.25) is 0 Å². The molecule has 2 aromatic heterocycles. The van der Waals surface area contributed by atoms with E-state index < -0.39 is 17.2 Å². The summed E-state index contributed by atoms with van der Waals surface area (Å²) in [6.07, 6.45) is 2.72. The molecule has 0 aliphatic heterocycles. The van der Waals surface area contributed by atoms with Gasteiger partial charge in [-0.05, 0) is 18.2 Å². The van der Waals surface area contributed by atoms with Crippen LogP contribution in [0.5, 0.6) is 0 Å². The van der Waals surface area contributed by atoms with Crippen molar-refractivity contribution in [3.05, 3.63) is 72.3 Å². The van der Waals surface area contributed by atoms with Gasteiger partial charge in [0.25, 0.3) is 0 Å². The van der Waals surface area contributed by atoms with Crippen molar-refractivity contribution in [1.82, 2.24) is 29.8 Å². The second-order valence-electron chi connectivity index (χ2n) is 5.98. The first-order valence-corrected chi connectivity index (χ1v) is 7.84. The summed E-state index contributed by atoms with van der Waals surface area (Å²) in [6, 6.07) is 10.3. The molecule has 0 spiro atoms. The third-order valence-corrected chi connectivity index (χ3v) is 4.15. The molecular formula is C17H14F2N6O. The average molecular weight is 356 g/mol. The second kappa shape index (κ2) is 6.26. The van der Waals surface area contributed by atoms with Crippen LogP contribution in [0.25, 0.3) is 11.0 Å². The van der Waals surface area contributed by atoms with Gasteiger partial charge in [-0.1, -0.05) is 23.4 Å². The van der Waals surface area contributed by atoms with Crippen LogP contribution in [0.4, 0.5) is 8.78 Å². The Morgan fingerprint density at radius 2 is 1.92 bits per heavy atom. The summed E-state index contributed by atoms with van der Waals surface area (Å²) in [4.78, 5) is 3.84. The first kappa shape index (κ1) is 16.3. The second-order valence-corrected chi connectivity index (χ2v) is 5.98. The number of hydrogen-bond acceptors (Lipinski definition) is 5. The fourth-order valence-electron chi connectivity index (χ4n) is 2.95. The Balaban J connectivity index is 1.79. The van der Waals surface area contributed by atoms with E-state index in [0.29, 0.717) is 11.0 Å². The number of benzene rings is 2. The number of nitrogens with zero attached hydrogens (tertiary/aromatic N) is 6. The molecule has 4 aromatic rings. The smallest absolute Gasteiger partial charge is 0.137 e. The third kappa shape index (κ3) is 2.92. The zero-order valence-electron chi connectivity index (χ0n) is 13.5. The molecule has 1 N–H and O–H groups in total. The van der Waals surface area contributed by atoms with Crippen LogP contribution in [-0.2, 0) is 18.7 Å². The molecule has 0 amide bonds. The van der Waals surface area contributed by atoms with Crippen LogP contribution in [0.2, 0.25) is 0 Å². The van der Waals surface area contributed by atoms with E-state index in [9.17, 15) is 13.9 Å². The molecular weight excluding hydrogens is 342 g/mol. The normalized spacial score (nSPS) is 13.8. The highest BCUT2D eigenvalue weighted by atomic mass is 19.1. The van der Waals surface area contributed by atoms with E-state index in [-0.39, 0.29) is 18.7 Å². The Morgan fingerprint density at radius 3 is 2.69 bits per heavy atom. The molecule has 9 heteroatoms. The fraction of sp³-hybridized carbons (Fsp3) is 0.176. The number of rotatable bonds is 5. The fourth-order valence-corrected chi connectivity index (χ4v) is 2.95. The maximum Gasteiger partial charge on any atom is 0.137 e. The largest absolute Gasteiger partial charge is 0.381 e. The number of hydrogen-bond donors (Lipinski definition) is 1. The number of fused-ring (bicyclic) bond motifs is 1. The highest BCUT2D eigenvalue weighted by Crippen LogP contribution is 2.29. The Kier molecular flexibility index (Phi) is 3.92. The molecule has 2 aromatic carbocycles. The molecule has 132 valence electrons. The molecule has 7 nitrogen and oxygen atoms in total. The standard InChI is InChI=1S/C17H14F2N6O/c18-12-5-6-13(14(19)7-12)17(26,8-24-11-20-10-21-24)9-25-16-4-2-1-3-15(16)22-23-25/h1-7,10-11,26H,8-9H2/t17-/m0/s1. The van der Waals surface area contributed by atoms with Gasteiger partial charge in [0.2, 0.25) is 0 Å². The number of aliphatic hydroxyl groups is 1. The maximum atomic E-state index is 14.4. The van der Waals surface area contributed by atoms with Crippen LogP contribution in [0.15, 0.2) is 55.1 Å². The molecule has 4 rings (SSSR count). The van der Waals surface area contributed by atoms with Gasteiger partial charge in [-0.2, -0.15) is 5.10 Å². The van der Waals surface area contributed by atoms with E-state index in [1.165, 1.54) is 28.1 Å². The van der Waals surface area contributed by atoms with Gasteiger partial charge in [0.05, 0.1) is 18.6 Å². The molecule has 0 saturated carbocycles. The van der Waals surface area contributed by atoms with Crippen molar-refractivity contribution >= 4 is 11.0 Å². The SMILES string of the molecule is O[C@@](Cn1cncn1)(Cn1nnc2ccccc21)c1ccc(F)cc1F. The van der Waals surface area contributed by atoms with E-state index in [0.717, 1.165) is 12.1 Å². The summed E-state index contributed by atoms with van der Waals surface area (Å²) in [7, 11) is 0. The van der Waals surface area contributed by atoms with Crippen LogP contribution in [0.1, 0.15) is 5.56 Å². The summed E-state index contributed by atoms with van der Waals surface area (Å²) in [6.45, 7) is -0.195. The molecule has 0 radical (unpaired) electrons. The lowest BCUT2D eigenvalue weighted by molar-refractivity contribution is -0.00780. The van der Waals surface area contributed by atoms with Crippen LogP contribution in [-0.4, -0.2) is 34.9 Å². The van der Waals surface area contributed by atoms with Gasteiger partial charge < -0.3 is 5.11 Å². The van der Waals surface area contributed by atoms with Crippen molar-refractivity contribution < 1.29 is 13.9 Å². The van der Waals surface area contributed by atoms with Crippen LogP contribution >= 0.6 is 0 Å². The zero-order chi connectivity index (χ0) is 18.1. The van der Waals surface area contributed by atoms with Gasteiger partial charge in [0.1, 0.15) is 35.4 Å². The molecule has 0 saturated heterocycles. The lowest BCUT2D eigenvalue weighted by atomic mass is 9.92. The van der Waals surface area contributed by atoms with E-state index >= 15 is 0 Å². The molecule has 26 heavy (non-hydrogen) atoms.